The summed E-state index contributed by atoms with van der Waals surface area (Å²) in [6, 6.07) is 8.37. The SMILES string of the molecule is CC(C)(c1cc(Br)c(OCC(O)CSC2CCCCC2)c(Br)c1)c1cc(Br)c(OCC(O)CSC2CCCCC2)c(Br)c1. The van der Waals surface area contributed by atoms with Gasteiger partial charge in [-0.05, 0) is 125 Å². The zero-order valence-electron chi connectivity index (χ0n) is 25.1. The number of aliphatic hydroxyl groups is 2. The maximum atomic E-state index is 10.6. The fraction of sp³-hybridized carbons (Fsp3) is 0.636. The Hall–Kier alpha value is 0.580. The maximum absolute atomic E-state index is 10.6. The Balaban J connectivity index is 1.35. The van der Waals surface area contributed by atoms with Crippen LogP contribution in [-0.2, 0) is 5.41 Å². The zero-order valence-corrected chi connectivity index (χ0v) is 33.0. The van der Waals surface area contributed by atoms with Gasteiger partial charge in [0.2, 0.25) is 0 Å². The van der Waals surface area contributed by atoms with E-state index in [0.29, 0.717) is 33.5 Å². The van der Waals surface area contributed by atoms with Crippen LogP contribution in [0.5, 0.6) is 11.5 Å². The van der Waals surface area contributed by atoms with Crippen LogP contribution in [0.1, 0.15) is 89.2 Å². The third-order valence-electron chi connectivity index (χ3n) is 8.43. The smallest absolute Gasteiger partial charge is 0.147 e. The molecule has 0 bridgehead atoms. The Labute approximate surface area is 300 Å². The summed E-state index contributed by atoms with van der Waals surface area (Å²) in [4.78, 5) is 0. The average Bonchev–Trinajstić information content (AvgIpc) is 2.99. The highest BCUT2D eigenvalue weighted by molar-refractivity contribution is 9.11. The second kappa shape index (κ2) is 17.7. The van der Waals surface area contributed by atoms with Crippen molar-refractivity contribution >= 4 is 87.2 Å². The highest BCUT2D eigenvalue weighted by Gasteiger charge is 2.28. The van der Waals surface area contributed by atoms with E-state index in [0.717, 1.165) is 29.0 Å². The minimum absolute atomic E-state index is 0.259. The molecule has 4 nitrogen and oxygen atoms in total. The summed E-state index contributed by atoms with van der Waals surface area (Å²) in [5, 5.41) is 22.5. The molecule has 2 N–H and O–H groups in total. The topological polar surface area (TPSA) is 58.9 Å². The van der Waals surface area contributed by atoms with Crippen molar-refractivity contribution in [1.82, 2.24) is 0 Å². The number of hydrogen-bond donors (Lipinski definition) is 2. The van der Waals surface area contributed by atoms with Crippen molar-refractivity contribution in [2.45, 2.75) is 106 Å². The summed E-state index contributed by atoms with van der Waals surface area (Å²) in [7, 11) is 0. The molecule has 43 heavy (non-hydrogen) atoms. The molecule has 2 aliphatic carbocycles. The monoisotopic (exact) mass is 884 g/mol. The lowest BCUT2D eigenvalue weighted by atomic mass is 9.78. The van der Waals surface area contributed by atoms with Crippen LogP contribution >= 0.6 is 87.2 Å². The van der Waals surface area contributed by atoms with E-state index in [9.17, 15) is 10.2 Å². The molecule has 0 aromatic heterocycles. The largest absolute Gasteiger partial charge is 0.488 e. The van der Waals surface area contributed by atoms with Crippen molar-refractivity contribution in [1.29, 1.82) is 0 Å². The van der Waals surface area contributed by atoms with Crippen LogP contribution in [0, 0.1) is 0 Å². The third-order valence-corrected chi connectivity index (χ3v) is 13.8. The van der Waals surface area contributed by atoms with Gasteiger partial charge in [0, 0.05) is 27.4 Å². The van der Waals surface area contributed by atoms with Crippen molar-refractivity contribution in [3.63, 3.8) is 0 Å². The average molecular weight is 888 g/mol. The molecular weight excluding hydrogens is 844 g/mol. The van der Waals surface area contributed by atoms with Gasteiger partial charge in [-0.25, -0.2) is 0 Å². The number of rotatable bonds is 14. The molecule has 0 spiro atoms. The van der Waals surface area contributed by atoms with Crippen molar-refractivity contribution in [2.24, 2.45) is 0 Å². The molecule has 2 aromatic rings. The first kappa shape index (κ1) is 36.4. The number of ether oxygens (including phenoxy) is 2. The first-order chi connectivity index (χ1) is 20.5. The summed E-state index contributed by atoms with van der Waals surface area (Å²) in [6.07, 6.45) is 12.0. The highest BCUT2D eigenvalue weighted by atomic mass is 79.9. The number of thioether (sulfide) groups is 2. The minimum Gasteiger partial charge on any atom is -0.488 e. The molecule has 10 heteroatoms. The van der Waals surface area contributed by atoms with Crippen LogP contribution in [-0.4, -0.2) is 57.6 Å². The highest BCUT2D eigenvalue weighted by Crippen LogP contribution is 2.44. The zero-order chi connectivity index (χ0) is 31.0. The van der Waals surface area contributed by atoms with E-state index >= 15 is 0 Å². The molecule has 0 saturated heterocycles. The van der Waals surface area contributed by atoms with Gasteiger partial charge in [0.05, 0.1) is 30.1 Å². The van der Waals surface area contributed by atoms with Gasteiger partial charge in [-0.1, -0.05) is 52.4 Å². The molecule has 2 unspecified atom stereocenters. The van der Waals surface area contributed by atoms with Gasteiger partial charge >= 0.3 is 0 Å². The van der Waals surface area contributed by atoms with Gasteiger partial charge in [-0.3, -0.25) is 0 Å². The molecule has 2 fully saturated rings. The van der Waals surface area contributed by atoms with Gasteiger partial charge in [-0.15, -0.1) is 0 Å². The van der Waals surface area contributed by atoms with Gasteiger partial charge in [0.1, 0.15) is 24.7 Å². The summed E-state index contributed by atoms with van der Waals surface area (Å²) in [6.45, 7) is 4.90. The van der Waals surface area contributed by atoms with Gasteiger partial charge < -0.3 is 19.7 Å². The predicted octanol–water partition coefficient (Wildman–Crippen LogP) is 10.7. The fourth-order valence-electron chi connectivity index (χ4n) is 5.70. The standard InChI is InChI=1S/C33H44Br4O4S2/c1-33(2,21-13-27(34)31(28(35)14-21)40-17-23(38)19-42-25-9-5-3-6-10-25)22-15-29(36)32(30(37)16-22)41-18-24(39)20-43-26-11-7-4-8-12-26/h13-16,23-26,38-39H,3-12,17-20H2,1-2H3. The van der Waals surface area contributed by atoms with Crippen LogP contribution in [0.3, 0.4) is 0 Å². The number of aliphatic hydroxyl groups excluding tert-OH is 2. The molecular formula is C33H44Br4O4S2. The molecule has 0 heterocycles. The summed E-state index contributed by atoms with van der Waals surface area (Å²) in [5.74, 6) is 2.81. The van der Waals surface area contributed by atoms with Crippen molar-refractivity contribution < 1.29 is 19.7 Å². The van der Waals surface area contributed by atoms with Gasteiger partial charge in [0.25, 0.3) is 0 Å². The van der Waals surface area contributed by atoms with Gasteiger partial charge in [-0.2, -0.15) is 23.5 Å². The molecule has 0 amide bonds. The summed E-state index contributed by atoms with van der Waals surface area (Å²) in [5.41, 5.74) is 1.88. The normalized spacial score (nSPS) is 18.4. The molecule has 4 rings (SSSR count). The van der Waals surface area contributed by atoms with Crippen LogP contribution in [0.25, 0.3) is 0 Å². The van der Waals surface area contributed by atoms with E-state index in [1.54, 1.807) is 0 Å². The summed E-state index contributed by atoms with van der Waals surface area (Å²) < 4.78 is 15.5. The van der Waals surface area contributed by atoms with Crippen molar-refractivity contribution in [3.8, 4) is 11.5 Å². The Kier molecular flexibility index (Phi) is 14.9. The Morgan fingerprint density at radius 2 is 0.977 bits per heavy atom. The number of benzene rings is 2. The van der Waals surface area contributed by atoms with Crippen molar-refractivity contribution in [3.05, 3.63) is 53.3 Å². The second-order valence-electron chi connectivity index (χ2n) is 12.3. The van der Waals surface area contributed by atoms with E-state index in [-0.39, 0.29) is 18.6 Å². The summed E-state index contributed by atoms with van der Waals surface area (Å²) >= 11 is 18.7. The van der Waals surface area contributed by atoms with Crippen LogP contribution in [0.4, 0.5) is 0 Å². The first-order valence-corrected chi connectivity index (χ1v) is 20.7. The quantitative estimate of drug-likeness (QED) is 0.197. The van der Waals surface area contributed by atoms with Gasteiger partial charge in [0.15, 0.2) is 0 Å². The fourth-order valence-corrected chi connectivity index (χ4v) is 11.0. The third kappa shape index (κ3) is 10.8. The van der Waals surface area contributed by atoms with Crippen LogP contribution in [0.15, 0.2) is 42.2 Å². The molecule has 2 atom stereocenters. The number of hydrogen-bond acceptors (Lipinski definition) is 6. The van der Waals surface area contributed by atoms with E-state index in [1.807, 2.05) is 23.5 Å². The number of halogens is 4. The van der Waals surface area contributed by atoms with Crippen molar-refractivity contribution in [2.75, 3.05) is 24.7 Å². The lowest BCUT2D eigenvalue weighted by Gasteiger charge is -2.29. The molecule has 2 aromatic carbocycles. The second-order valence-corrected chi connectivity index (χ2v) is 18.4. The van der Waals surface area contributed by atoms with E-state index < -0.39 is 12.2 Å². The Morgan fingerprint density at radius 1 is 0.651 bits per heavy atom. The molecule has 0 radical (unpaired) electrons. The maximum Gasteiger partial charge on any atom is 0.147 e. The molecule has 240 valence electrons. The van der Waals surface area contributed by atoms with Crippen LogP contribution < -0.4 is 9.47 Å². The first-order valence-electron chi connectivity index (χ1n) is 15.4. The lowest BCUT2D eigenvalue weighted by molar-refractivity contribution is 0.125. The Bertz CT molecular complexity index is 1050. The molecule has 0 aliphatic heterocycles. The Morgan fingerprint density at radius 3 is 1.30 bits per heavy atom. The van der Waals surface area contributed by atoms with E-state index in [4.69, 9.17) is 9.47 Å². The lowest BCUT2D eigenvalue weighted by Crippen LogP contribution is -2.23. The predicted molar refractivity (Wildman–Crippen MR) is 197 cm³/mol. The minimum atomic E-state index is -0.506. The van der Waals surface area contributed by atoms with E-state index in [2.05, 4.69) is 102 Å². The molecule has 2 saturated carbocycles. The van der Waals surface area contributed by atoms with E-state index in [1.165, 1.54) is 64.2 Å². The molecule has 2 aliphatic rings. The van der Waals surface area contributed by atoms with Crippen LogP contribution in [0.2, 0.25) is 0 Å².